The molecule has 362 valence electrons. The fourth-order valence-electron chi connectivity index (χ4n) is 9.62. The van der Waals surface area contributed by atoms with E-state index in [1.165, 1.54) is 65.0 Å². The first-order valence-corrected chi connectivity index (χ1v) is 22.8. The number of aromatic hydroxyl groups is 3. The molecule has 1 amide bonds. The van der Waals surface area contributed by atoms with Crippen LogP contribution in [0.5, 0.6) is 23.0 Å². The molecule has 0 saturated carbocycles. The number of piperazine rings is 1. The minimum Gasteiger partial charge on any atom is -0.507 e. The molecule has 7 rings (SSSR count). The maximum atomic E-state index is 14.6. The van der Waals surface area contributed by atoms with Crippen molar-refractivity contribution in [3.8, 4) is 23.0 Å². The fraction of sp³-hybridized carbons (Fsp3) is 0.490. The van der Waals surface area contributed by atoms with Crippen LogP contribution >= 0.6 is 0 Å². The van der Waals surface area contributed by atoms with Crippen molar-refractivity contribution in [1.82, 2.24) is 9.91 Å². The van der Waals surface area contributed by atoms with Gasteiger partial charge in [-0.25, -0.2) is 0 Å². The van der Waals surface area contributed by atoms with E-state index < -0.39 is 88.8 Å². The summed E-state index contributed by atoms with van der Waals surface area (Å²) in [4.78, 5) is 43.4. The zero-order valence-corrected chi connectivity index (χ0v) is 40.2. The average Bonchev–Trinajstić information content (AvgIpc) is 3.55. The molecule has 1 saturated heterocycles. The second-order valence-corrected chi connectivity index (χ2v) is 18.6. The second-order valence-electron chi connectivity index (χ2n) is 18.6. The number of methoxy groups -OCH3 is 1. The normalized spacial score (nSPS) is 31.8. The van der Waals surface area contributed by atoms with Crippen LogP contribution in [0.25, 0.3) is 10.8 Å². The van der Waals surface area contributed by atoms with Crippen molar-refractivity contribution in [3.63, 3.8) is 0 Å². The standard InChI is InChI=1S/C51H66N4O12/c1-26-16-15-17-27(2)50(63)53-41-36(22-52-55-28(3)23-54(24-29(55)4)25-35-18-13-12-14-19-35)45(60)38-39(46(41)61)44(59)33(8)48-40(38)49(62)51(10,67-48)65-21-20-37(64-11)30(5)47(66-34(9)56)32(7)43(58)31(6)42(26)57/h12-22,26,28-32,37,42-43,47,57-61H,23-25H2,1-11H3,(H,53,63)/b16-15+,21-20+,27-17+,52-22+. The van der Waals surface area contributed by atoms with Crippen LogP contribution in [-0.4, -0.2) is 122 Å². The van der Waals surface area contributed by atoms with E-state index >= 15 is 0 Å². The molecule has 0 aliphatic carbocycles. The summed E-state index contributed by atoms with van der Waals surface area (Å²) in [7, 11) is 1.44. The van der Waals surface area contributed by atoms with Crippen LogP contribution in [0.1, 0.15) is 89.4 Å². The topological polar surface area (TPSA) is 220 Å². The Morgan fingerprint density at radius 3 is 2.19 bits per heavy atom. The Morgan fingerprint density at radius 2 is 1.57 bits per heavy atom. The molecule has 3 aromatic rings. The predicted octanol–water partition coefficient (Wildman–Crippen LogP) is 6.68. The van der Waals surface area contributed by atoms with Gasteiger partial charge in [-0.15, -0.1) is 0 Å². The summed E-state index contributed by atoms with van der Waals surface area (Å²) in [6.07, 6.45) is 4.88. The van der Waals surface area contributed by atoms with Gasteiger partial charge in [0, 0.05) is 80.8 Å². The molecule has 0 aromatic heterocycles. The van der Waals surface area contributed by atoms with Gasteiger partial charge in [0.05, 0.1) is 65.1 Å². The van der Waals surface area contributed by atoms with Crippen molar-refractivity contribution in [3.05, 3.63) is 88.7 Å². The summed E-state index contributed by atoms with van der Waals surface area (Å²) in [5, 5.41) is 68.1. The third kappa shape index (κ3) is 10.2. The highest BCUT2D eigenvalue weighted by Gasteiger charge is 2.50. The molecule has 1 fully saturated rings. The first-order valence-electron chi connectivity index (χ1n) is 22.8. The number of phenols is 3. The number of carbonyl (C=O) groups is 3. The van der Waals surface area contributed by atoms with E-state index in [4.69, 9.17) is 24.0 Å². The second kappa shape index (κ2) is 20.5. The van der Waals surface area contributed by atoms with Gasteiger partial charge in [-0.05, 0) is 39.3 Å². The number of ketones is 1. The number of Topliss-reactive ketones (excluding diaryl/α,β-unsaturated/α-hetero) is 1. The third-order valence-corrected chi connectivity index (χ3v) is 13.6. The van der Waals surface area contributed by atoms with E-state index in [1.807, 2.05) is 37.1 Å². The number of allylic oxidation sites excluding steroid dienone is 2. The number of amides is 1. The van der Waals surface area contributed by atoms with Crippen LogP contribution in [0, 0.1) is 30.6 Å². The lowest BCUT2D eigenvalue weighted by molar-refractivity contribution is -0.160. The number of aliphatic hydroxyl groups excluding tert-OH is 2. The number of carbonyl (C=O) groups excluding carboxylic acids is 3. The van der Waals surface area contributed by atoms with Crippen molar-refractivity contribution in [1.29, 1.82) is 0 Å². The van der Waals surface area contributed by atoms with E-state index in [2.05, 4.69) is 22.3 Å². The number of fused-ring (bicyclic) bond motifs is 14. The molecule has 5 bridgehead atoms. The molecule has 4 aliphatic heterocycles. The van der Waals surface area contributed by atoms with Gasteiger partial charge < -0.3 is 49.8 Å². The lowest BCUT2D eigenvalue weighted by Gasteiger charge is -2.42. The number of nitrogens with one attached hydrogen (secondary N) is 1. The molecule has 16 heteroatoms. The van der Waals surface area contributed by atoms with E-state index in [-0.39, 0.29) is 56.6 Å². The number of phenolic OH excluding ortho intramolecular Hbond substituents is 3. The SMILES string of the molecule is COC1/C=C/OC2(C)Oc3c(C)c(O)c4c(O)c(c(/C=N/N5C(C)CN(Cc6ccccc6)CC5C)c(O)c4c3C2=O)NC(=O)/C(C)=C/C=C/C(C)C(O)C(C)C(O)C(C)C(OC(C)=O)C1C. The highest BCUT2D eigenvalue weighted by molar-refractivity contribution is 6.23. The van der Waals surface area contributed by atoms with Gasteiger partial charge in [0.1, 0.15) is 23.4 Å². The smallest absolute Gasteiger partial charge is 0.312 e. The van der Waals surface area contributed by atoms with Crippen molar-refractivity contribution in [2.45, 2.75) is 118 Å². The van der Waals surface area contributed by atoms with Crippen LogP contribution in [0.15, 0.2) is 71.6 Å². The summed E-state index contributed by atoms with van der Waals surface area (Å²) in [5.41, 5.74) is 0.785. The number of hydrazone groups is 1. The zero-order valence-electron chi connectivity index (χ0n) is 40.2. The number of nitrogens with zero attached hydrogens (tertiary/aromatic N) is 3. The van der Waals surface area contributed by atoms with Gasteiger partial charge >= 0.3 is 11.8 Å². The molecule has 4 heterocycles. The molecule has 16 nitrogen and oxygen atoms in total. The first kappa shape index (κ1) is 50.5. The molecule has 3 aromatic carbocycles. The average molecular weight is 927 g/mol. The van der Waals surface area contributed by atoms with Crippen LogP contribution in [0.3, 0.4) is 0 Å². The predicted molar refractivity (Wildman–Crippen MR) is 254 cm³/mol. The minimum atomic E-state index is -2.07. The number of esters is 1. The van der Waals surface area contributed by atoms with Gasteiger partial charge in [-0.1, -0.05) is 76.3 Å². The Bertz CT molecular complexity index is 2460. The maximum absolute atomic E-state index is 14.6. The highest BCUT2D eigenvalue weighted by Crippen LogP contribution is 2.55. The van der Waals surface area contributed by atoms with Crippen LogP contribution < -0.4 is 10.1 Å². The Morgan fingerprint density at radius 1 is 0.910 bits per heavy atom. The van der Waals surface area contributed by atoms with Gasteiger partial charge in [-0.2, -0.15) is 5.10 Å². The van der Waals surface area contributed by atoms with E-state index in [0.29, 0.717) is 13.1 Å². The van der Waals surface area contributed by atoms with Crippen LogP contribution in [0.4, 0.5) is 5.69 Å². The van der Waals surface area contributed by atoms with Crippen LogP contribution in [0.2, 0.25) is 0 Å². The third-order valence-electron chi connectivity index (χ3n) is 13.6. The summed E-state index contributed by atoms with van der Waals surface area (Å²) >= 11 is 0. The monoisotopic (exact) mass is 926 g/mol. The van der Waals surface area contributed by atoms with E-state index in [1.54, 1.807) is 39.8 Å². The summed E-state index contributed by atoms with van der Waals surface area (Å²) < 4.78 is 23.8. The number of rotatable bonds is 6. The van der Waals surface area contributed by atoms with Gasteiger partial charge in [0.15, 0.2) is 5.75 Å². The van der Waals surface area contributed by atoms with E-state index in [0.717, 1.165) is 6.54 Å². The molecular formula is C51H66N4O12. The first-order chi connectivity index (χ1) is 31.6. The number of benzene rings is 3. The van der Waals surface area contributed by atoms with Crippen molar-refractivity contribution in [2.75, 3.05) is 25.5 Å². The molecule has 6 N–H and O–H groups in total. The fourth-order valence-corrected chi connectivity index (χ4v) is 9.62. The van der Waals surface area contributed by atoms with Crippen molar-refractivity contribution < 1.29 is 58.9 Å². The molecular weight excluding hydrogens is 861 g/mol. The zero-order chi connectivity index (χ0) is 49.2. The quantitative estimate of drug-likeness (QED) is 0.0658. The van der Waals surface area contributed by atoms with Crippen LogP contribution in [-0.2, 0) is 30.3 Å². The molecule has 0 radical (unpaired) electrons. The molecule has 0 spiro atoms. The maximum Gasteiger partial charge on any atom is 0.312 e. The number of hydrogen-bond acceptors (Lipinski definition) is 15. The highest BCUT2D eigenvalue weighted by atomic mass is 16.7. The summed E-state index contributed by atoms with van der Waals surface area (Å²) in [5.74, 6) is -8.46. The van der Waals surface area contributed by atoms with Gasteiger partial charge in [0.25, 0.3) is 11.7 Å². The van der Waals surface area contributed by atoms with Gasteiger partial charge in [0.2, 0.25) is 0 Å². The van der Waals surface area contributed by atoms with Crippen molar-refractivity contribution in [2.24, 2.45) is 28.8 Å². The Hall–Kier alpha value is -5.94. The number of anilines is 1. The van der Waals surface area contributed by atoms with Crippen molar-refractivity contribution >= 4 is 40.3 Å². The summed E-state index contributed by atoms with van der Waals surface area (Å²) in [6, 6.07) is 9.93. The molecule has 4 aliphatic rings. The summed E-state index contributed by atoms with van der Waals surface area (Å²) in [6.45, 7) is 18.7. The number of ether oxygens (including phenoxy) is 4. The lowest BCUT2D eigenvalue weighted by Crippen LogP contribution is -2.54. The molecule has 67 heavy (non-hydrogen) atoms. The Labute approximate surface area is 392 Å². The van der Waals surface area contributed by atoms with Gasteiger partial charge in [-0.3, -0.25) is 24.3 Å². The molecule has 11 atom stereocenters. The lowest BCUT2D eigenvalue weighted by atomic mass is 9.78. The largest absolute Gasteiger partial charge is 0.507 e. The van der Waals surface area contributed by atoms with E-state index in [9.17, 15) is 39.9 Å². The minimum absolute atomic E-state index is 0.0500. The number of hydrogen-bond donors (Lipinski definition) is 6. The Balaban J connectivity index is 1.49. The number of aliphatic hydroxyl groups is 2. The Kier molecular flexibility index (Phi) is 15.5. The molecule has 11 unspecified atom stereocenters.